The van der Waals surface area contributed by atoms with Gasteiger partial charge >= 0.3 is 5.97 Å². The number of hydrogen-bond donors (Lipinski definition) is 1. The van der Waals surface area contributed by atoms with Crippen LogP contribution >= 0.6 is 0 Å². The molecule has 2 aromatic rings. The van der Waals surface area contributed by atoms with E-state index in [1.54, 1.807) is 7.11 Å². The van der Waals surface area contributed by atoms with Gasteiger partial charge in [-0.2, -0.15) is 0 Å². The van der Waals surface area contributed by atoms with Crippen LogP contribution in [-0.2, 0) is 11.2 Å². The lowest BCUT2D eigenvalue weighted by atomic mass is 9.90. The van der Waals surface area contributed by atoms with Gasteiger partial charge in [0.1, 0.15) is 11.5 Å². The second-order valence-electron chi connectivity index (χ2n) is 5.83. The van der Waals surface area contributed by atoms with Crippen LogP contribution in [0.1, 0.15) is 36.0 Å². The lowest BCUT2D eigenvalue weighted by Crippen LogP contribution is -2.15. The molecule has 4 nitrogen and oxygen atoms in total. The highest BCUT2D eigenvalue weighted by atomic mass is 16.5. The number of rotatable bonds is 8. The summed E-state index contributed by atoms with van der Waals surface area (Å²) in [7, 11) is 1.56. The standard InChI is InChI=1S/C20H24O4/c1-4-11-24-16-8-6-15(7-9-16)13-18(20(21)22)17-12-14(2)5-10-19(17)23-3/h5-10,12,18H,4,11,13H2,1-3H3,(H,21,22). The molecule has 0 aliphatic heterocycles. The molecule has 2 aromatic carbocycles. The topological polar surface area (TPSA) is 55.8 Å². The lowest BCUT2D eigenvalue weighted by Gasteiger charge is -2.17. The fourth-order valence-electron chi connectivity index (χ4n) is 2.63. The van der Waals surface area contributed by atoms with Crippen molar-refractivity contribution in [3.63, 3.8) is 0 Å². The molecule has 0 fully saturated rings. The SMILES string of the molecule is CCCOc1ccc(CC(C(=O)O)c2cc(C)ccc2OC)cc1. The Morgan fingerprint density at radius 2 is 1.88 bits per heavy atom. The maximum atomic E-state index is 11.8. The summed E-state index contributed by atoms with van der Waals surface area (Å²) in [6.07, 6.45) is 1.36. The molecule has 0 radical (unpaired) electrons. The van der Waals surface area contributed by atoms with Crippen molar-refractivity contribution in [3.05, 3.63) is 59.2 Å². The summed E-state index contributed by atoms with van der Waals surface area (Å²) in [6.45, 7) is 4.68. The molecule has 128 valence electrons. The van der Waals surface area contributed by atoms with Crippen molar-refractivity contribution >= 4 is 5.97 Å². The van der Waals surface area contributed by atoms with Crippen LogP contribution in [0.5, 0.6) is 11.5 Å². The normalized spacial score (nSPS) is 11.8. The zero-order valence-corrected chi connectivity index (χ0v) is 14.4. The zero-order chi connectivity index (χ0) is 17.5. The van der Waals surface area contributed by atoms with Gasteiger partial charge in [0.2, 0.25) is 0 Å². The maximum absolute atomic E-state index is 11.8. The van der Waals surface area contributed by atoms with Gasteiger partial charge in [-0.15, -0.1) is 0 Å². The Bertz CT molecular complexity index is 677. The van der Waals surface area contributed by atoms with E-state index in [0.29, 0.717) is 24.3 Å². The first-order valence-electron chi connectivity index (χ1n) is 8.14. The van der Waals surface area contributed by atoms with Crippen molar-refractivity contribution in [1.29, 1.82) is 0 Å². The molecule has 1 atom stereocenters. The second-order valence-corrected chi connectivity index (χ2v) is 5.83. The van der Waals surface area contributed by atoms with E-state index in [9.17, 15) is 9.90 Å². The monoisotopic (exact) mass is 328 g/mol. The molecule has 0 bridgehead atoms. The Morgan fingerprint density at radius 3 is 2.46 bits per heavy atom. The fraction of sp³-hybridized carbons (Fsp3) is 0.350. The molecular weight excluding hydrogens is 304 g/mol. The number of carboxylic acids is 1. The van der Waals surface area contributed by atoms with Crippen LogP contribution in [0.2, 0.25) is 0 Å². The number of aliphatic carboxylic acids is 1. The summed E-state index contributed by atoms with van der Waals surface area (Å²) in [5, 5.41) is 9.69. The number of methoxy groups -OCH3 is 1. The van der Waals surface area contributed by atoms with E-state index >= 15 is 0 Å². The molecule has 24 heavy (non-hydrogen) atoms. The van der Waals surface area contributed by atoms with Crippen LogP contribution in [0.4, 0.5) is 0 Å². The van der Waals surface area contributed by atoms with Crippen molar-refractivity contribution in [1.82, 2.24) is 0 Å². The summed E-state index contributed by atoms with van der Waals surface area (Å²) in [5.74, 6) is -0.0935. The number of carbonyl (C=O) groups is 1. The van der Waals surface area contributed by atoms with E-state index in [2.05, 4.69) is 6.92 Å². The molecule has 0 spiro atoms. The van der Waals surface area contributed by atoms with Crippen LogP contribution in [0.25, 0.3) is 0 Å². The van der Waals surface area contributed by atoms with E-state index in [0.717, 1.165) is 23.3 Å². The average Bonchev–Trinajstić information content (AvgIpc) is 2.58. The van der Waals surface area contributed by atoms with Crippen molar-refractivity contribution < 1.29 is 19.4 Å². The van der Waals surface area contributed by atoms with Gasteiger partial charge in [-0.25, -0.2) is 0 Å². The average molecular weight is 328 g/mol. The minimum atomic E-state index is -0.856. The minimum Gasteiger partial charge on any atom is -0.496 e. The third-order valence-electron chi connectivity index (χ3n) is 3.89. The van der Waals surface area contributed by atoms with Gasteiger partial charge in [-0.1, -0.05) is 36.8 Å². The summed E-state index contributed by atoms with van der Waals surface area (Å²) < 4.78 is 10.9. The Labute approximate surface area is 143 Å². The van der Waals surface area contributed by atoms with E-state index in [-0.39, 0.29) is 0 Å². The predicted molar refractivity (Wildman–Crippen MR) is 94.0 cm³/mol. The Kier molecular flexibility index (Phi) is 6.24. The van der Waals surface area contributed by atoms with Crippen molar-refractivity contribution in [3.8, 4) is 11.5 Å². The molecule has 0 amide bonds. The van der Waals surface area contributed by atoms with Crippen LogP contribution < -0.4 is 9.47 Å². The quantitative estimate of drug-likeness (QED) is 0.789. The molecule has 0 aromatic heterocycles. The van der Waals surface area contributed by atoms with E-state index in [1.165, 1.54) is 0 Å². The highest BCUT2D eigenvalue weighted by Gasteiger charge is 2.24. The summed E-state index contributed by atoms with van der Waals surface area (Å²) in [5.41, 5.74) is 2.67. The Morgan fingerprint density at radius 1 is 1.17 bits per heavy atom. The lowest BCUT2D eigenvalue weighted by molar-refractivity contribution is -0.138. The number of hydrogen-bond acceptors (Lipinski definition) is 3. The first kappa shape index (κ1) is 17.9. The van der Waals surface area contributed by atoms with Gasteiger partial charge in [-0.3, -0.25) is 4.79 Å². The molecule has 2 rings (SSSR count). The van der Waals surface area contributed by atoms with E-state index in [1.807, 2.05) is 49.4 Å². The maximum Gasteiger partial charge on any atom is 0.311 e. The smallest absolute Gasteiger partial charge is 0.311 e. The molecule has 0 aliphatic rings. The zero-order valence-electron chi connectivity index (χ0n) is 14.4. The molecule has 4 heteroatoms. The van der Waals surface area contributed by atoms with Gasteiger partial charge in [0.05, 0.1) is 19.6 Å². The van der Waals surface area contributed by atoms with Gasteiger partial charge < -0.3 is 14.6 Å². The summed E-state index contributed by atoms with van der Waals surface area (Å²) >= 11 is 0. The second kappa shape index (κ2) is 8.39. The highest BCUT2D eigenvalue weighted by Crippen LogP contribution is 2.31. The third kappa shape index (κ3) is 4.51. The van der Waals surface area contributed by atoms with Crippen LogP contribution in [-0.4, -0.2) is 24.8 Å². The summed E-state index contributed by atoms with van der Waals surface area (Å²) in [6, 6.07) is 13.2. The first-order valence-corrected chi connectivity index (χ1v) is 8.14. The van der Waals surface area contributed by atoms with Gasteiger partial charge in [0.15, 0.2) is 0 Å². The molecule has 1 unspecified atom stereocenters. The van der Waals surface area contributed by atoms with Gasteiger partial charge in [0.25, 0.3) is 0 Å². The summed E-state index contributed by atoms with van der Waals surface area (Å²) in [4.78, 5) is 11.8. The number of benzene rings is 2. The molecule has 0 saturated heterocycles. The Hall–Kier alpha value is -2.49. The van der Waals surface area contributed by atoms with Crippen LogP contribution in [0, 0.1) is 6.92 Å². The number of ether oxygens (including phenoxy) is 2. The largest absolute Gasteiger partial charge is 0.496 e. The molecule has 0 heterocycles. The van der Waals surface area contributed by atoms with Gasteiger partial charge in [-0.05, 0) is 43.5 Å². The van der Waals surface area contributed by atoms with E-state index < -0.39 is 11.9 Å². The predicted octanol–water partition coefficient (Wildman–Crippen LogP) is 4.20. The molecular formula is C20H24O4. The minimum absolute atomic E-state index is 0.406. The van der Waals surface area contributed by atoms with Gasteiger partial charge in [0, 0.05) is 5.56 Å². The Balaban J connectivity index is 2.23. The van der Waals surface area contributed by atoms with Crippen molar-refractivity contribution in [2.75, 3.05) is 13.7 Å². The first-order chi connectivity index (χ1) is 11.5. The van der Waals surface area contributed by atoms with E-state index in [4.69, 9.17) is 9.47 Å². The number of aryl methyl sites for hydroxylation is 1. The number of carboxylic acid groups (broad SMARTS) is 1. The third-order valence-corrected chi connectivity index (χ3v) is 3.89. The van der Waals surface area contributed by atoms with Crippen LogP contribution in [0.15, 0.2) is 42.5 Å². The van der Waals surface area contributed by atoms with Crippen LogP contribution in [0.3, 0.4) is 0 Å². The molecule has 0 aliphatic carbocycles. The van der Waals surface area contributed by atoms with Crippen molar-refractivity contribution in [2.24, 2.45) is 0 Å². The highest BCUT2D eigenvalue weighted by molar-refractivity contribution is 5.78. The van der Waals surface area contributed by atoms with Crippen molar-refractivity contribution in [2.45, 2.75) is 32.6 Å². The molecule has 1 N–H and O–H groups in total. The fourth-order valence-corrected chi connectivity index (χ4v) is 2.63. The molecule has 0 saturated carbocycles.